The molecule has 2 aliphatic carbocycles. The molecule has 0 spiro atoms. The minimum atomic E-state index is -0.00652. The third-order valence-electron chi connectivity index (χ3n) is 11.7. The molecule has 2 saturated heterocycles. The van der Waals surface area contributed by atoms with Gasteiger partial charge in [0.25, 0.3) is 0 Å². The van der Waals surface area contributed by atoms with Gasteiger partial charge in [-0.3, -0.25) is 14.5 Å². The average Bonchev–Trinajstić information content (AvgIpc) is 3.18. The molecule has 0 bridgehead atoms. The molecule has 6 nitrogen and oxygen atoms in total. The van der Waals surface area contributed by atoms with E-state index in [-0.39, 0.29) is 45.9 Å². The zero-order valence-electron chi connectivity index (χ0n) is 26.5. The first kappa shape index (κ1) is 30.8. The molecule has 4 aliphatic rings. The Morgan fingerprint density at radius 2 is 1.13 bits per heavy atom. The van der Waals surface area contributed by atoms with E-state index in [9.17, 15) is 9.59 Å². The number of rotatable bonds is 7. The molecule has 0 aromatic rings. The maximum Gasteiger partial charge on any atom is 0.308 e. The summed E-state index contributed by atoms with van der Waals surface area (Å²) in [4.78, 5) is 28.3. The highest BCUT2D eigenvalue weighted by Gasteiger charge is 2.50. The number of nitrogens with one attached hydrogen (secondary N) is 1. The summed E-state index contributed by atoms with van der Waals surface area (Å²) in [5.41, 5.74) is 0.257. The molecular weight excluding hydrogens is 488 g/mol. The van der Waals surface area contributed by atoms with E-state index in [0.29, 0.717) is 36.9 Å². The van der Waals surface area contributed by atoms with Gasteiger partial charge in [0.05, 0.1) is 25.0 Å². The van der Waals surface area contributed by atoms with Crippen molar-refractivity contribution in [3.05, 3.63) is 0 Å². The lowest BCUT2D eigenvalue weighted by atomic mass is 9.69. The van der Waals surface area contributed by atoms with E-state index in [1.165, 1.54) is 0 Å². The Labute approximate surface area is 238 Å². The minimum Gasteiger partial charge on any atom is -0.465 e. The number of esters is 2. The van der Waals surface area contributed by atoms with Crippen LogP contribution in [0.25, 0.3) is 0 Å². The van der Waals surface area contributed by atoms with Crippen LogP contribution < -0.4 is 5.32 Å². The van der Waals surface area contributed by atoms with Gasteiger partial charge < -0.3 is 14.8 Å². The van der Waals surface area contributed by atoms with Crippen molar-refractivity contribution >= 4 is 11.9 Å². The molecule has 0 amide bonds. The van der Waals surface area contributed by atoms with Gasteiger partial charge in [0.15, 0.2) is 0 Å². The first-order valence-corrected chi connectivity index (χ1v) is 15.9. The molecule has 0 radical (unpaired) electrons. The van der Waals surface area contributed by atoms with Gasteiger partial charge in [0.1, 0.15) is 0 Å². The van der Waals surface area contributed by atoms with E-state index in [0.717, 1.165) is 64.2 Å². The Kier molecular flexibility index (Phi) is 8.90. The predicted molar refractivity (Wildman–Crippen MR) is 156 cm³/mol. The van der Waals surface area contributed by atoms with Gasteiger partial charge in [-0.15, -0.1) is 0 Å². The van der Waals surface area contributed by atoms with E-state index >= 15 is 0 Å². The number of ether oxygens (including phenoxy) is 2. The van der Waals surface area contributed by atoms with Gasteiger partial charge in [-0.2, -0.15) is 0 Å². The second kappa shape index (κ2) is 11.3. The van der Waals surface area contributed by atoms with E-state index in [1.54, 1.807) is 0 Å². The van der Waals surface area contributed by atoms with Crippen molar-refractivity contribution in [3.8, 4) is 0 Å². The van der Waals surface area contributed by atoms with Gasteiger partial charge in [-0.25, -0.2) is 0 Å². The van der Waals surface area contributed by atoms with Crippen LogP contribution in [-0.2, 0) is 19.1 Å². The third-order valence-corrected chi connectivity index (χ3v) is 11.7. The molecule has 224 valence electrons. The number of carbonyl (C=O) groups is 2. The molecular formula is C33H58N2O4. The van der Waals surface area contributed by atoms with Crippen molar-refractivity contribution in [3.63, 3.8) is 0 Å². The molecule has 0 aromatic carbocycles. The van der Waals surface area contributed by atoms with Crippen LogP contribution in [0.4, 0.5) is 0 Å². The van der Waals surface area contributed by atoms with Crippen molar-refractivity contribution in [1.82, 2.24) is 10.2 Å². The fraction of sp³-hybridized carbons (Fsp3) is 0.939. The molecule has 39 heavy (non-hydrogen) atoms. The average molecular weight is 547 g/mol. The summed E-state index contributed by atoms with van der Waals surface area (Å²) >= 11 is 0. The van der Waals surface area contributed by atoms with Gasteiger partial charge >= 0.3 is 11.9 Å². The van der Waals surface area contributed by atoms with Gasteiger partial charge in [0, 0.05) is 34.0 Å². The molecule has 2 saturated carbocycles. The van der Waals surface area contributed by atoms with Crippen LogP contribution in [-0.4, -0.2) is 59.3 Å². The van der Waals surface area contributed by atoms with E-state index < -0.39 is 0 Å². The summed E-state index contributed by atoms with van der Waals surface area (Å²) in [5, 5.41) is 3.68. The normalized spacial score (nSPS) is 37.4. The zero-order valence-corrected chi connectivity index (χ0v) is 26.5. The lowest BCUT2D eigenvalue weighted by Crippen LogP contribution is -2.47. The summed E-state index contributed by atoms with van der Waals surface area (Å²) in [6.45, 7) is 19.1. The quantitative estimate of drug-likeness (QED) is 0.375. The maximum absolute atomic E-state index is 13.0. The van der Waals surface area contributed by atoms with Crippen molar-refractivity contribution in [2.75, 3.05) is 20.3 Å². The topological polar surface area (TPSA) is 67.9 Å². The predicted octanol–water partition coefficient (Wildman–Crippen LogP) is 6.36. The Bertz CT molecular complexity index is 878. The molecule has 6 heteroatoms. The van der Waals surface area contributed by atoms with Crippen molar-refractivity contribution in [2.45, 2.75) is 142 Å². The second-order valence-corrected chi connectivity index (χ2v) is 16.0. The van der Waals surface area contributed by atoms with Crippen molar-refractivity contribution < 1.29 is 19.1 Å². The van der Waals surface area contributed by atoms with Crippen molar-refractivity contribution in [2.24, 2.45) is 35.5 Å². The first-order chi connectivity index (χ1) is 18.0. The Hall–Kier alpha value is -1.14. The molecule has 4 fully saturated rings. The van der Waals surface area contributed by atoms with Crippen LogP contribution in [0.2, 0.25) is 0 Å². The Morgan fingerprint density at radius 1 is 0.692 bits per heavy atom. The van der Waals surface area contributed by atoms with E-state index in [2.05, 4.69) is 72.7 Å². The Balaban J connectivity index is 1.15. The summed E-state index contributed by atoms with van der Waals surface area (Å²) in [7, 11) is 2.19. The first-order valence-electron chi connectivity index (χ1n) is 15.9. The molecule has 2 aliphatic heterocycles. The summed E-state index contributed by atoms with van der Waals surface area (Å²) in [5.74, 6) is 2.24. The summed E-state index contributed by atoms with van der Waals surface area (Å²) in [6, 6.07) is 0. The molecule has 0 aromatic heterocycles. The van der Waals surface area contributed by atoms with Crippen LogP contribution in [0.3, 0.4) is 0 Å². The lowest BCUT2D eigenvalue weighted by Gasteiger charge is -2.38. The van der Waals surface area contributed by atoms with E-state index in [4.69, 9.17) is 9.47 Å². The molecule has 4 rings (SSSR count). The molecule has 2 heterocycles. The van der Waals surface area contributed by atoms with Crippen LogP contribution in [0, 0.1) is 35.5 Å². The Morgan fingerprint density at radius 3 is 1.49 bits per heavy atom. The number of hydrogen-bond acceptors (Lipinski definition) is 6. The largest absolute Gasteiger partial charge is 0.465 e. The highest BCUT2D eigenvalue weighted by Crippen LogP contribution is 2.45. The highest BCUT2D eigenvalue weighted by atomic mass is 16.5. The SMILES string of the molecule is CN1C(C)(C)CC(COC(=O)C2CCC(C3CCC(C(=O)OCC4CC(C)(C)NC4(C)C)CC3)CC2)C1(C)C. The zero-order chi connectivity index (χ0) is 28.8. The standard InChI is InChI=1S/C33H58N2O4/c1-30(2)18-26(32(5,6)34-30)20-38-28(36)24-14-10-22(11-15-24)23-12-16-25(17-13-23)29(37)39-21-27-19-31(3,4)35(9)33(27,7)8/h22-27,34H,10-21H2,1-9H3. The van der Waals surface area contributed by atoms with E-state index in [1.807, 2.05) is 0 Å². The molecule has 2 unspecified atom stereocenters. The van der Waals surface area contributed by atoms with Crippen LogP contribution >= 0.6 is 0 Å². The number of hydrogen-bond donors (Lipinski definition) is 1. The third kappa shape index (κ3) is 6.85. The highest BCUT2D eigenvalue weighted by molar-refractivity contribution is 5.73. The van der Waals surface area contributed by atoms with Crippen LogP contribution in [0.15, 0.2) is 0 Å². The minimum absolute atomic E-state index is 0.00652. The number of nitrogens with zero attached hydrogens (tertiary/aromatic N) is 1. The fourth-order valence-electron chi connectivity index (χ4n) is 8.72. The fourth-order valence-corrected chi connectivity index (χ4v) is 8.72. The monoisotopic (exact) mass is 546 g/mol. The van der Waals surface area contributed by atoms with Crippen molar-refractivity contribution in [1.29, 1.82) is 0 Å². The summed E-state index contributed by atoms with van der Waals surface area (Å²) < 4.78 is 11.8. The molecule has 2 atom stereocenters. The smallest absolute Gasteiger partial charge is 0.308 e. The van der Waals surface area contributed by atoms with Crippen LogP contribution in [0.1, 0.15) is 120 Å². The number of likely N-dealkylation sites (tertiary alicyclic amines) is 1. The van der Waals surface area contributed by atoms with Gasteiger partial charge in [-0.05, 0) is 138 Å². The van der Waals surface area contributed by atoms with Crippen LogP contribution in [0.5, 0.6) is 0 Å². The van der Waals surface area contributed by atoms with Gasteiger partial charge in [0.2, 0.25) is 0 Å². The lowest BCUT2D eigenvalue weighted by molar-refractivity contribution is -0.154. The van der Waals surface area contributed by atoms with Gasteiger partial charge in [-0.1, -0.05) is 0 Å². The number of carbonyl (C=O) groups excluding carboxylic acids is 2. The summed E-state index contributed by atoms with van der Waals surface area (Å²) in [6.07, 6.45) is 10.3. The second-order valence-electron chi connectivity index (χ2n) is 16.0. The molecule has 1 N–H and O–H groups in total. The maximum atomic E-state index is 13.0.